The van der Waals surface area contributed by atoms with Crippen molar-refractivity contribution in [1.82, 2.24) is 0 Å². The van der Waals surface area contributed by atoms with E-state index in [9.17, 15) is 9.59 Å². The van der Waals surface area contributed by atoms with E-state index in [4.69, 9.17) is 5.26 Å². The lowest BCUT2D eigenvalue weighted by Gasteiger charge is -2.11. The van der Waals surface area contributed by atoms with E-state index in [0.717, 1.165) is 16.8 Å². The lowest BCUT2D eigenvalue weighted by atomic mass is 10.1. The van der Waals surface area contributed by atoms with Gasteiger partial charge >= 0.3 is 0 Å². The van der Waals surface area contributed by atoms with E-state index in [1.165, 1.54) is 0 Å². The lowest BCUT2D eigenvalue weighted by Crippen LogP contribution is -2.22. The average Bonchev–Trinajstić information content (AvgIpc) is 2.51. The minimum Gasteiger partial charge on any atom is -0.325 e. The molecule has 0 heterocycles. The number of aryl methyl sites for hydroxylation is 2. The normalized spacial score (nSPS) is 9.78. The van der Waals surface area contributed by atoms with Gasteiger partial charge in [-0.25, -0.2) is 0 Å². The zero-order valence-corrected chi connectivity index (χ0v) is 13.0. The highest BCUT2D eigenvalue weighted by Gasteiger charge is 2.13. The van der Waals surface area contributed by atoms with Gasteiger partial charge in [0.2, 0.25) is 11.8 Å². The maximum Gasteiger partial charge on any atom is 0.233 e. The van der Waals surface area contributed by atoms with Crippen LogP contribution in [0.5, 0.6) is 0 Å². The first-order valence-corrected chi connectivity index (χ1v) is 7.16. The van der Waals surface area contributed by atoms with Crippen molar-refractivity contribution in [1.29, 1.82) is 5.26 Å². The van der Waals surface area contributed by atoms with Crippen LogP contribution in [-0.2, 0) is 9.59 Å². The number of anilines is 2. The summed E-state index contributed by atoms with van der Waals surface area (Å²) in [7, 11) is 0. The first-order valence-electron chi connectivity index (χ1n) is 7.16. The van der Waals surface area contributed by atoms with Crippen LogP contribution in [0.4, 0.5) is 11.4 Å². The Morgan fingerprint density at radius 3 is 2.22 bits per heavy atom. The van der Waals surface area contributed by atoms with E-state index >= 15 is 0 Å². The maximum atomic E-state index is 12.0. The molecule has 2 aromatic carbocycles. The highest BCUT2D eigenvalue weighted by atomic mass is 16.2. The Hall–Kier alpha value is -3.13. The van der Waals surface area contributed by atoms with Gasteiger partial charge in [-0.1, -0.05) is 30.3 Å². The molecule has 0 radical (unpaired) electrons. The third-order valence-corrected chi connectivity index (χ3v) is 3.39. The molecule has 5 heteroatoms. The fraction of sp³-hybridized carbons (Fsp3) is 0.167. The molecule has 2 rings (SSSR count). The highest BCUT2D eigenvalue weighted by molar-refractivity contribution is 6.08. The molecule has 0 unspecified atom stereocenters. The van der Waals surface area contributed by atoms with Crippen LogP contribution in [0.2, 0.25) is 0 Å². The van der Waals surface area contributed by atoms with E-state index in [1.807, 2.05) is 38.1 Å². The van der Waals surface area contributed by atoms with E-state index in [-0.39, 0.29) is 6.42 Å². The number of nitriles is 1. The number of nitrogens with zero attached hydrogens (tertiary/aromatic N) is 1. The number of carbonyl (C=O) groups is 2. The van der Waals surface area contributed by atoms with Crippen molar-refractivity contribution in [3.8, 4) is 6.07 Å². The van der Waals surface area contributed by atoms with Crippen LogP contribution in [0.25, 0.3) is 0 Å². The van der Waals surface area contributed by atoms with Crippen LogP contribution < -0.4 is 10.6 Å². The van der Waals surface area contributed by atoms with Crippen molar-refractivity contribution in [2.45, 2.75) is 20.3 Å². The Morgan fingerprint density at radius 2 is 1.57 bits per heavy atom. The Morgan fingerprint density at radius 1 is 0.957 bits per heavy atom. The number of hydrogen-bond donors (Lipinski definition) is 2. The summed E-state index contributed by atoms with van der Waals surface area (Å²) in [5, 5.41) is 14.3. The van der Waals surface area contributed by atoms with Gasteiger partial charge in [0.05, 0.1) is 11.3 Å². The van der Waals surface area contributed by atoms with Crippen LogP contribution in [0, 0.1) is 25.2 Å². The number of benzene rings is 2. The second kappa shape index (κ2) is 7.23. The van der Waals surface area contributed by atoms with Crippen molar-refractivity contribution in [3.63, 3.8) is 0 Å². The van der Waals surface area contributed by atoms with Gasteiger partial charge in [-0.15, -0.1) is 0 Å². The molecule has 2 aromatic rings. The number of para-hydroxylation sites is 2. The molecule has 5 nitrogen and oxygen atoms in total. The zero-order chi connectivity index (χ0) is 16.8. The Labute approximate surface area is 134 Å². The van der Waals surface area contributed by atoms with Crippen molar-refractivity contribution in [3.05, 3.63) is 59.2 Å². The molecule has 116 valence electrons. The van der Waals surface area contributed by atoms with E-state index < -0.39 is 11.8 Å². The SMILES string of the molecule is Cc1cccc(C)c1NC(=O)CC(=O)Nc1ccccc1C#N. The van der Waals surface area contributed by atoms with Crippen molar-refractivity contribution >= 4 is 23.2 Å². The Bertz CT molecular complexity index is 771. The monoisotopic (exact) mass is 307 g/mol. The smallest absolute Gasteiger partial charge is 0.233 e. The number of nitrogens with one attached hydrogen (secondary N) is 2. The van der Waals surface area contributed by atoms with Crippen molar-refractivity contribution in [2.24, 2.45) is 0 Å². The zero-order valence-electron chi connectivity index (χ0n) is 13.0. The second-order valence-corrected chi connectivity index (χ2v) is 5.20. The molecule has 0 fully saturated rings. The van der Waals surface area contributed by atoms with Crippen LogP contribution in [0.1, 0.15) is 23.1 Å². The number of rotatable bonds is 4. The summed E-state index contributed by atoms with van der Waals surface area (Å²) in [6, 6.07) is 14.3. The maximum absolute atomic E-state index is 12.0. The van der Waals surface area contributed by atoms with Gasteiger partial charge in [0.1, 0.15) is 12.5 Å². The first-order chi connectivity index (χ1) is 11.0. The molecule has 0 bridgehead atoms. The van der Waals surface area contributed by atoms with Gasteiger partial charge in [-0.2, -0.15) is 5.26 Å². The van der Waals surface area contributed by atoms with Crippen molar-refractivity contribution < 1.29 is 9.59 Å². The molecule has 23 heavy (non-hydrogen) atoms. The van der Waals surface area contributed by atoms with Gasteiger partial charge in [-0.3, -0.25) is 9.59 Å². The topological polar surface area (TPSA) is 82.0 Å². The molecule has 0 spiro atoms. The molecular weight excluding hydrogens is 290 g/mol. The molecule has 0 aliphatic heterocycles. The summed E-state index contributed by atoms with van der Waals surface area (Å²) >= 11 is 0. The molecule has 2 amide bonds. The van der Waals surface area contributed by atoms with Gasteiger partial charge in [0.15, 0.2) is 0 Å². The summed E-state index contributed by atoms with van der Waals surface area (Å²) in [5.41, 5.74) is 3.36. The number of carbonyl (C=O) groups excluding carboxylic acids is 2. The Balaban J connectivity index is 2.01. The quantitative estimate of drug-likeness (QED) is 0.851. The van der Waals surface area contributed by atoms with Crippen LogP contribution in [-0.4, -0.2) is 11.8 Å². The summed E-state index contributed by atoms with van der Waals surface area (Å²) in [6.45, 7) is 3.79. The van der Waals surface area contributed by atoms with Crippen LogP contribution in [0.3, 0.4) is 0 Å². The molecule has 0 aliphatic carbocycles. The number of hydrogen-bond acceptors (Lipinski definition) is 3. The number of amides is 2. The van der Waals surface area contributed by atoms with Crippen LogP contribution >= 0.6 is 0 Å². The third kappa shape index (κ3) is 4.17. The molecule has 0 saturated heterocycles. The highest BCUT2D eigenvalue weighted by Crippen LogP contribution is 2.19. The molecule has 0 saturated carbocycles. The van der Waals surface area contributed by atoms with E-state index in [2.05, 4.69) is 10.6 Å². The summed E-state index contributed by atoms with van der Waals surface area (Å²) in [6.07, 6.45) is -0.312. The molecule has 2 N–H and O–H groups in total. The minimum atomic E-state index is -0.462. The average molecular weight is 307 g/mol. The van der Waals surface area contributed by atoms with Gasteiger partial charge in [0.25, 0.3) is 0 Å². The molecule has 0 atom stereocenters. The summed E-state index contributed by atoms with van der Waals surface area (Å²) in [4.78, 5) is 24.0. The third-order valence-electron chi connectivity index (χ3n) is 3.39. The van der Waals surface area contributed by atoms with E-state index in [1.54, 1.807) is 24.3 Å². The van der Waals surface area contributed by atoms with Gasteiger partial charge < -0.3 is 10.6 Å². The van der Waals surface area contributed by atoms with Gasteiger partial charge in [-0.05, 0) is 37.1 Å². The van der Waals surface area contributed by atoms with E-state index in [0.29, 0.717) is 11.3 Å². The molecular formula is C18H17N3O2. The fourth-order valence-corrected chi connectivity index (χ4v) is 2.23. The largest absolute Gasteiger partial charge is 0.325 e. The summed E-state index contributed by atoms with van der Waals surface area (Å²) < 4.78 is 0. The standard InChI is InChI=1S/C18H17N3O2/c1-12-6-5-7-13(2)18(12)21-17(23)10-16(22)20-15-9-4-3-8-14(15)11-19/h3-9H,10H2,1-2H3,(H,20,22)(H,21,23). The molecule has 0 aliphatic rings. The fourth-order valence-electron chi connectivity index (χ4n) is 2.23. The van der Waals surface area contributed by atoms with Gasteiger partial charge in [0, 0.05) is 5.69 Å². The summed E-state index contributed by atoms with van der Waals surface area (Å²) in [5.74, 6) is -0.856. The predicted molar refractivity (Wildman–Crippen MR) is 88.9 cm³/mol. The van der Waals surface area contributed by atoms with Crippen LogP contribution in [0.15, 0.2) is 42.5 Å². The second-order valence-electron chi connectivity index (χ2n) is 5.20. The predicted octanol–water partition coefficient (Wildman–Crippen LogP) is 3.14. The van der Waals surface area contributed by atoms with Crippen molar-refractivity contribution in [2.75, 3.05) is 10.6 Å². The molecule has 0 aromatic heterocycles. The lowest BCUT2D eigenvalue weighted by molar-refractivity contribution is -0.123. The first kappa shape index (κ1) is 16.2. The minimum absolute atomic E-state index is 0.312. The Kier molecular flexibility index (Phi) is 5.11.